The van der Waals surface area contributed by atoms with E-state index >= 15 is 0 Å². The molecule has 23 heavy (non-hydrogen) atoms. The van der Waals surface area contributed by atoms with Crippen molar-refractivity contribution in [2.75, 3.05) is 12.4 Å². The van der Waals surface area contributed by atoms with E-state index in [1.54, 1.807) is 19.2 Å². The molecule has 1 aromatic heterocycles. The predicted molar refractivity (Wildman–Crippen MR) is 90.5 cm³/mol. The molecular weight excluding hydrogens is 314 g/mol. The van der Waals surface area contributed by atoms with Crippen molar-refractivity contribution in [3.8, 4) is 17.0 Å². The number of non-ortho nitro benzene ring substituents is 1. The van der Waals surface area contributed by atoms with Gasteiger partial charge >= 0.3 is 0 Å². The first kappa shape index (κ1) is 15.0. The second-order valence-electron chi connectivity index (χ2n) is 4.67. The minimum atomic E-state index is -0.417. The fraction of sp³-hybridized carbons (Fsp3) is 0.0625. The zero-order chi connectivity index (χ0) is 16.2. The maximum absolute atomic E-state index is 10.7. The maximum atomic E-state index is 10.7. The Morgan fingerprint density at radius 1 is 1.17 bits per heavy atom. The van der Waals surface area contributed by atoms with E-state index < -0.39 is 4.92 Å². The minimum absolute atomic E-state index is 0.0661. The van der Waals surface area contributed by atoms with Crippen LogP contribution in [0.1, 0.15) is 0 Å². The van der Waals surface area contributed by atoms with E-state index in [-0.39, 0.29) is 5.69 Å². The summed E-state index contributed by atoms with van der Waals surface area (Å²) in [5, 5.41) is 16.5. The molecule has 0 aliphatic carbocycles. The van der Waals surface area contributed by atoms with Crippen LogP contribution in [0, 0.1) is 10.1 Å². The number of nitro groups is 1. The number of methoxy groups -OCH3 is 1. The van der Waals surface area contributed by atoms with Gasteiger partial charge < -0.3 is 10.1 Å². The number of nitrogens with one attached hydrogen (secondary N) is 1. The van der Waals surface area contributed by atoms with Crippen molar-refractivity contribution in [2.45, 2.75) is 0 Å². The largest absolute Gasteiger partial charge is 0.495 e. The van der Waals surface area contributed by atoms with E-state index in [0.29, 0.717) is 0 Å². The highest BCUT2D eigenvalue weighted by Gasteiger charge is 2.09. The average molecular weight is 327 g/mol. The van der Waals surface area contributed by atoms with Crippen LogP contribution in [0.3, 0.4) is 0 Å². The lowest BCUT2D eigenvalue weighted by molar-refractivity contribution is -0.384. The molecule has 0 unspecified atom stereocenters. The van der Waals surface area contributed by atoms with Gasteiger partial charge in [-0.2, -0.15) is 0 Å². The highest BCUT2D eigenvalue weighted by Crippen LogP contribution is 2.31. The smallest absolute Gasteiger partial charge is 0.269 e. The molecule has 6 nitrogen and oxygen atoms in total. The molecule has 0 aliphatic heterocycles. The van der Waals surface area contributed by atoms with Crippen LogP contribution in [0.25, 0.3) is 11.3 Å². The number of nitro benzene ring substituents is 1. The normalized spacial score (nSPS) is 10.3. The Morgan fingerprint density at radius 2 is 1.91 bits per heavy atom. The standard InChI is InChI=1S/C16H13N3O3S/c1-22-15-5-3-2-4-13(15)17-16-18-14(10-23-16)11-6-8-12(9-7-11)19(20)21/h2-10H,1H3,(H,17,18). The van der Waals surface area contributed by atoms with Crippen LogP contribution < -0.4 is 10.1 Å². The zero-order valence-corrected chi connectivity index (χ0v) is 13.0. The van der Waals surface area contributed by atoms with Crippen molar-refractivity contribution in [1.29, 1.82) is 0 Å². The monoisotopic (exact) mass is 327 g/mol. The molecule has 0 saturated heterocycles. The van der Waals surface area contributed by atoms with E-state index in [9.17, 15) is 10.1 Å². The highest BCUT2D eigenvalue weighted by molar-refractivity contribution is 7.14. The molecule has 0 atom stereocenters. The van der Waals surface area contributed by atoms with Gasteiger partial charge in [-0.05, 0) is 24.3 Å². The number of hydrogen-bond acceptors (Lipinski definition) is 6. The van der Waals surface area contributed by atoms with E-state index in [4.69, 9.17) is 4.74 Å². The SMILES string of the molecule is COc1ccccc1Nc1nc(-c2ccc([N+](=O)[O-])cc2)cs1. The van der Waals surface area contributed by atoms with Crippen molar-refractivity contribution in [3.05, 3.63) is 64.0 Å². The molecule has 2 aromatic carbocycles. The molecule has 3 aromatic rings. The summed E-state index contributed by atoms with van der Waals surface area (Å²) in [7, 11) is 1.62. The Bertz CT molecular complexity index is 831. The van der Waals surface area contributed by atoms with Crippen LogP contribution in [0.5, 0.6) is 5.75 Å². The van der Waals surface area contributed by atoms with Gasteiger partial charge in [0.25, 0.3) is 5.69 Å². The van der Waals surface area contributed by atoms with Gasteiger partial charge in [-0.1, -0.05) is 12.1 Å². The molecule has 1 N–H and O–H groups in total. The van der Waals surface area contributed by atoms with E-state index in [0.717, 1.165) is 27.8 Å². The molecule has 0 radical (unpaired) electrons. The molecule has 0 bridgehead atoms. The van der Waals surface area contributed by atoms with Crippen LogP contribution in [-0.2, 0) is 0 Å². The third-order valence-corrected chi connectivity index (χ3v) is 3.98. The predicted octanol–water partition coefficient (Wildman–Crippen LogP) is 4.47. The van der Waals surface area contributed by atoms with E-state index in [1.165, 1.54) is 23.5 Å². The summed E-state index contributed by atoms with van der Waals surface area (Å²) < 4.78 is 5.30. The first-order valence-corrected chi connectivity index (χ1v) is 7.66. The number of aromatic nitrogens is 1. The average Bonchev–Trinajstić information content (AvgIpc) is 3.04. The number of benzene rings is 2. The molecule has 3 rings (SSSR count). The molecule has 7 heteroatoms. The molecule has 0 amide bonds. The van der Waals surface area contributed by atoms with Crippen molar-refractivity contribution in [1.82, 2.24) is 4.98 Å². The Hall–Kier alpha value is -2.93. The highest BCUT2D eigenvalue weighted by atomic mass is 32.1. The Labute approximate surface area is 136 Å². The van der Waals surface area contributed by atoms with Gasteiger partial charge in [-0.3, -0.25) is 10.1 Å². The van der Waals surface area contributed by atoms with Gasteiger partial charge in [0, 0.05) is 23.1 Å². The molecule has 0 saturated carbocycles. The van der Waals surface area contributed by atoms with Crippen LogP contribution in [0.4, 0.5) is 16.5 Å². The van der Waals surface area contributed by atoms with Crippen LogP contribution in [0.15, 0.2) is 53.9 Å². The van der Waals surface area contributed by atoms with Gasteiger partial charge in [0.05, 0.1) is 23.4 Å². The molecule has 1 heterocycles. The third kappa shape index (κ3) is 3.29. The van der Waals surface area contributed by atoms with Crippen LogP contribution in [0.2, 0.25) is 0 Å². The number of nitrogens with zero attached hydrogens (tertiary/aromatic N) is 2. The van der Waals surface area contributed by atoms with E-state index in [1.807, 2.05) is 29.6 Å². The quantitative estimate of drug-likeness (QED) is 0.552. The molecule has 0 fully saturated rings. The van der Waals surface area contributed by atoms with Gasteiger partial charge in [0.15, 0.2) is 5.13 Å². The number of thiazole rings is 1. The van der Waals surface area contributed by atoms with Crippen molar-refractivity contribution < 1.29 is 9.66 Å². The Morgan fingerprint density at radius 3 is 2.61 bits per heavy atom. The Balaban J connectivity index is 1.81. The molecule has 0 aliphatic rings. The lowest BCUT2D eigenvalue weighted by Gasteiger charge is -2.08. The second kappa shape index (κ2) is 6.45. The summed E-state index contributed by atoms with van der Waals surface area (Å²) >= 11 is 1.46. The van der Waals surface area contributed by atoms with Gasteiger partial charge in [0.2, 0.25) is 0 Å². The minimum Gasteiger partial charge on any atom is -0.495 e. The van der Waals surface area contributed by atoms with Gasteiger partial charge in [-0.15, -0.1) is 11.3 Å². The summed E-state index contributed by atoms with van der Waals surface area (Å²) in [6.45, 7) is 0. The van der Waals surface area contributed by atoms with Crippen LogP contribution in [-0.4, -0.2) is 17.0 Å². The number of anilines is 2. The fourth-order valence-electron chi connectivity index (χ4n) is 2.08. The van der Waals surface area contributed by atoms with E-state index in [2.05, 4.69) is 10.3 Å². The van der Waals surface area contributed by atoms with Crippen molar-refractivity contribution in [2.24, 2.45) is 0 Å². The molecular formula is C16H13N3O3S. The second-order valence-corrected chi connectivity index (χ2v) is 5.53. The number of hydrogen-bond donors (Lipinski definition) is 1. The summed E-state index contributed by atoms with van der Waals surface area (Å²) in [5.74, 6) is 0.736. The molecule has 0 spiro atoms. The van der Waals surface area contributed by atoms with Crippen molar-refractivity contribution in [3.63, 3.8) is 0 Å². The van der Waals surface area contributed by atoms with Gasteiger partial charge in [-0.25, -0.2) is 4.98 Å². The summed E-state index contributed by atoms with van der Waals surface area (Å²) in [6, 6.07) is 13.9. The lowest BCUT2D eigenvalue weighted by Crippen LogP contribution is -1.93. The number of rotatable bonds is 5. The topological polar surface area (TPSA) is 77.3 Å². The van der Waals surface area contributed by atoms with Gasteiger partial charge in [0.1, 0.15) is 5.75 Å². The first-order valence-electron chi connectivity index (χ1n) is 6.78. The fourth-order valence-corrected chi connectivity index (χ4v) is 2.81. The summed E-state index contributed by atoms with van der Waals surface area (Å²) in [4.78, 5) is 14.8. The third-order valence-electron chi connectivity index (χ3n) is 3.23. The zero-order valence-electron chi connectivity index (χ0n) is 12.2. The van der Waals surface area contributed by atoms with Crippen molar-refractivity contribution >= 4 is 27.8 Å². The number of para-hydroxylation sites is 2. The Kier molecular flexibility index (Phi) is 4.20. The van der Waals surface area contributed by atoms with Crippen LogP contribution >= 0.6 is 11.3 Å². The first-order chi connectivity index (χ1) is 11.2. The summed E-state index contributed by atoms with van der Waals surface area (Å²) in [5.41, 5.74) is 2.50. The molecule has 116 valence electrons. The number of ether oxygens (including phenoxy) is 1. The maximum Gasteiger partial charge on any atom is 0.269 e. The summed E-state index contributed by atoms with van der Waals surface area (Å²) in [6.07, 6.45) is 0. The lowest BCUT2D eigenvalue weighted by atomic mass is 10.1.